The number of nitrogens with zero attached hydrogens (tertiary/aromatic N) is 4. The fraction of sp³-hybridized carbons (Fsp3) is 0.600. The van der Waals surface area contributed by atoms with Crippen molar-refractivity contribution in [2.75, 3.05) is 0 Å². The van der Waals surface area contributed by atoms with Gasteiger partial charge in [-0.1, -0.05) is 13.8 Å². The minimum absolute atomic E-state index is 0.600. The van der Waals surface area contributed by atoms with Crippen LogP contribution in [0, 0.1) is 6.92 Å². The second-order valence-electron chi connectivity index (χ2n) is 1.09. The van der Waals surface area contributed by atoms with E-state index in [0.29, 0.717) is 5.82 Å². The van der Waals surface area contributed by atoms with Crippen LogP contribution in [-0.2, 0) is 0 Å². The van der Waals surface area contributed by atoms with Crippen LogP contribution in [0.15, 0.2) is 6.33 Å². The highest BCUT2D eigenvalue weighted by atomic mass is 15.3. The van der Waals surface area contributed by atoms with Gasteiger partial charge in [-0.2, -0.15) is 0 Å². The lowest BCUT2D eigenvalue weighted by atomic mass is 10.8. The fourth-order valence-corrected chi connectivity index (χ4v) is 0.262. The molecule has 0 N–H and O–H groups in total. The zero-order valence-corrected chi connectivity index (χ0v) is 5.87. The zero-order valence-electron chi connectivity index (χ0n) is 5.87. The van der Waals surface area contributed by atoms with Gasteiger partial charge in [0.2, 0.25) is 0 Å². The van der Waals surface area contributed by atoms with Gasteiger partial charge in [-0.15, -0.1) is 20.4 Å². The number of aromatic nitrogens is 4. The van der Waals surface area contributed by atoms with E-state index in [2.05, 4.69) is 20.4 Å². The molecule has 0 radical (unpaired) electrons. The van der Waals surface area contributed by atoms with Crippen molar-refractivity contribution < 1.29 is 0 Å². The highest BCUT2D eigenvalue weighted by Crippen LogP contribution is 1.69. The van der Waals surface area contributed by atoms with Crippen molar-refractivity contribution >= 4 is 0 Å². The van der Waals surface area contributed by atoms with E-state index in [1.54, 1.807) is 6.92 Å². The van der Waals surface area contributed by atoms with Crippen LogP contribution in [-0.4, -0.2) is 20.4 Å². The maximum absolute atomic E-state index is 3.56. The normalized spacial score (nSPS) is 7.44. The lowest BCUT2D eigenvalue weighted by molar-refractivity contribution is 0.806. The monoisotopic (exact) mass is 126 g/mol. The minimum Gasteiger partial charge on any atom is -0.135 e. The van der Waals surface area contributed by atoms with Crippen LogP contribution in [0.25, 0.3) is 0 Å². The Labute approximate surface area is 54.3 Å². The predicted octanol–water partition coefficient (Wildman–Crippen LogP) is 0.601. The van der Waals surface area contributed by atoms with Gasteiger partial charge in [0.15, 0.2) is 12.2 Å². The molecule has 1 heterocycles. The summed E-state index contributed by atoms with van der Waals surface area (Å²) in [5.41, 5.74) is 0. The molecule has 0 aliphatic carbocycles. The molecule has 50 valence electrons. The molecule has 1 aromatic heterocycles. The predicted molar refractivity (Wildman–Crippen MR) is 33.7 cm³/mol. The topological polar surface area (TPSA) is 51.6 Å². The summed E-state index contributed by atoms with van der Waals surface area (Å²) in [7, 11) is 0. The van der Waals surface area contributed by atoms with Crippen molar-refractivity contribution in [2.45, 2.75) is 20.8 Å². The summed E-state index contributed by atoms with van der Waals surface area (Å²) in [5.74, 6) is 0.600. The SMILES string of the molecule is CC.Cc1nncnn1. The molecule has 1 rings (SSSR count). The standard InChI is InChI=1S/C3H4N4.C2H6/c1-3-6-4-2-5-7-3;1-2/h2H,1H3;1-2H3. The van der Waals surface area contributed by atoms with Crippen molar-refractivity contribution in [1.82, 2.24) is 20.4 Å². The van der Waals surface area contributed by atoms with Crippen molar-refractivity contribution in [1.29, 1.82) is 0 Å². The molecule has 0 aromatic carbocycles. The van der Waals surface area contributed by atoms with Crippen molar-refractivity contribution in [3.8, 4) is 0 Å². The molecule has 0 spiro atoms. The van der Waals surface area contributed by atoms with Gasteiger partial charge in [0.25, 0.3) is 0 Å². The van der Waals surface area contributed by atoms with Gasteiger partial charge in [-0.3, -0.25) is 0 Å². The number of hydrogen-bond donors (Lipinski definition) is 0. The molecule has 0 atom stereocenters. The molecule has 1 aromatic rings. The number of hydrogen-bond acceptors (Lipinski definition) is 4. The maximum atomic E-state index is 3.56. The van der Waals surface area contributed by atoms with E-state index in [1.165, 1.54) is 6.33 Å². The van der Waals surface area contributed by atoms with E-state index in [9.17, 15) is 0 Å². The Morgan fingerprint density at radius 3 is 1.78 bits per heavy atom. The minimum atomic E-state index is 0.600. The van der Waals surface area contributed by atoms with E-state index in [-0.39, 0.29) is 0 Å². The van der Waals surface area contributed by atoms with E-state index in [4.69, 9.17) is 0 Å². The Balaban J connectivity index is 0.000000291. The van der Waals surface area contributed by atoms with Crippen LogP contribution < -0.4 is 0 Å². The summed E-state index contributed by atoms with van der Waals surface area (Å²) in [6.07, 6.45) is 1.30. The molecule has 4 nitrogen and oxygen atoms in total. The van der Waals surface area contributed by atoms with E-state index in [0.717, 1.165) is 0 Å². The molecule has 0 saturated carbocycles. The van der Waals surface area contributed by atoms with Gasteiger partial charge < -0.3 is 0 Å². The number of rotatable bonds is 0. The first-order valence-corrected chi connectivity index (χ1v) is 2.86. The largest absolute Gasteiger partial charge is 0.170 e. The quantitative estimate of drug-likeness (QED) is 0.510. The Morgan fingerprint density at radius 1 is 1.11 bits per heavy atom. The molecule has 0 unspecified atom stereocenters. The second-order valence-corrected chi connectivity index (χ2v) is 1.09. The average Bonchev–Trinajstić information content (AvgIpc) is 1.94. The maximum Gasteiger partial charge on any atom is 0.170 e. The molecular formula is C5H10N4. The molecule has 0 fully saturated rings. The van der Waals surface area contributed by atoms with Crippen LogP contribution in [0.2, 0.25) is 0 Å². The lowest BCUT2D eigenvalue weighted by Gasteiger charge is -1.78. The van der Waals surface area contributed by atoms with Gasteiger partial charge in [-0.05, 0) is 6.92 Å². The van der Waals surface area contributed by atoms with Crippen LogP contribution in [0.1, 0.15) is 19.7 Å². The van der Waals surface area contributed by atoms with E-state index < -0.39 is 0 Å². The zero-order chi connectivity index (χ0) is 7.11. The van der Waals surface area contributed by atoms with Gasteiger partial charge in [0, 0.05) is 0 Å². The van der Waals surface area contributed by atoms with Gasteiger partial charge in [-0.25, -0.2) is 0 Å². The van der Waals surface area contributed by atoms with Crippen molar-refractivity contribution in [3.63, 3.8) is 0 Å². The molecule has 0 aliphatic rings. The average molecular weight is 126 g/mol. The highest BCUT2D eigenvalue weighted by Gasteiger charge is 1.77. The molecular weight excluding hydrogens is 116 g/mol. The molecule has 9 heavy (non-hydrogen) atoms. The first kappa shape index (κ1) is 7.94. The summed E-state index contributed by atoms with van der Waals surface area (Å²) < 4.78 is 0. The Hall–Kier alpha value is -1.06. The van der Waals surface area contributed by atoms with E-state index in [1.807, 2.05) is 13.8 Å². The number of aryl methyl sites for hydroxylation is 1. The van der Waals surface area contributed by atoms with Crippen LogP contribution in [0.5, 0.6) is 0 Å². The van der Waals surface area contributed by atoms with Crippen LogP contribution >= 0.6 is 0 Å². The summed E-state index contributed by atoms with van der Waals surface area (Å²) in [4.78, 5) is 0. The third-order valence-corrected chi connectivity index (χ3v) is 0.508. The van der Waals surface area contributed by atoms with Crippen LogP contribution in [0.4, 0.5) is 0 Å². The van der Waals surface area contributed by atoms with Crippen molar-refractivity contribution in [3.05, 3.63) is 12.2 Å². The highest BCUT2D eigenvalue weighted by molar-refractivity contribution is 4.65. The summed E-state index contributed by atoms with van der Waals surface area (Å²) in [5, 5.41) is 14.0. The first-order valence-electron chi connectivity index (χ1n) is 2.86. The summed E-state index contributed by atoms with van der Waals surface area (Å²) >= 11 is 0. The first-order chi connectivity index (χ1) is 4.39. The van der Waals surface area contributed by atoms with Crippen LogP contribution in [0.3, 0.4) is 0 Å². The summed E-state index contributed by atoms with van der Waals surface area (Å²) in [6, 6.07) is 0. The molecule has 0 amide bonds. The van der Waals surface area contributed by atoms with Gasteiger partial charge in [0.05, 0.1) is 0 Å². The summed E-state index contributed by atoms with van der Waals surface area (Å²) in [6.45, 7) is 5.74. The fourth-order valence-electron chi connectivity index (χ4n) is 0.262. The van der Waals surface area contributed by atoms with E-state index >= 15 is 0 Å². The Morgan fingerprint density at radius 2 is 1.56 bits per heavy atom. The Bertz CT molecular complexity index is 139. The second kappa shape index (κ2) is 5.08. The molecule has 4 heteroatoms. The third-order valence-electron chi connectivity index (χ3n) is 0.508. The third kappa shape index (κ3) is 3.52. The van der Waals surface area contributed by atoms with Crippen molar-refractivity contribution in [2.24, 2.45) is 0 Å². The molecule has 0 bridgehead atoms. The smallest absolute Gasteiger partial charge is 0.135 e. The van der Waals surface area contributed by atoms with Gasteiger partial charge >= 0.3 is 0 Å². The Kier molecular flexibility index (Phi) is 4.49. The molecule has 0 saturated heterocycles. The lowest BCUT2D eigenvalue weighted by Crippen LogP contribution is -1.90. The van der Waals surface area contributed by atoms with Gasteiger partial charge in [0.1, 0.15) is 0 Å². The molecule has 0 aliphatic heterocycles.